The maximum Gasteiger partial charge on any atom is 0.328 e. The van der Waals surface area contributed by atoms with E-state index in [1.807, 2.05) is 6.92 Å². The minimum atomic E-state index is -1.02. The third-order valence-corrected chi connectivity index (χ3v) is 4.08. The molecule has 0 bridgehead atoms. The first-order valence-corrected chi connectivity index (χ1v) is 7.23. The van der Waals surface area contributed by atoms with E-state index in [1.165, 1.54) is 17.4 Å². The smallest absolute Gasteiger partial charge is 0.328 e. The van der Waals surface area contributed by atoms with Gasteiger partial charge < -0.3 is 10.4 Å². The molecule has 4 nitrogen and oxygen atoms in total. The molecule has 108 valence electrons. The summed E-state index contributed by atoms with van der Waals surface area (Å²) in [7, 11) is 0. The fourth-order valence-corrected chi connectivity index (χ4v) is 2.84. The number of rotatable bonds is 4. The molecule has 0 spiro atoms. The molecule has 2 aromatic rings. The van der Waals surface area contributed by atoms with Crippen LogP contribution in [0.4, 0.5) is 5.69 Å². The number of amides is 1. The van der Waals surface area contributed by atoms with Gasteiger partial charge in [0.2, 0.25) is 0 Å². The van der Waals surface area contributed by atoms with Gasteiger partial charge in [-0.05, 0) is 42.8 Å². The molecule has 0 unspecified atom stereocenters. The lowest BCUT2D eigenvalue weighted by Crippen LogP contribution is -2.09. The van der Waals surface area contributed by atoms with Gasteiger partial charge in [0.25, 0.3) is 5.91 Å². The highest BCUT2D eigenvalue weighted by atomic mass is 35.5. The quantitative estimate of drug-likeness (QED) is 0.834. The van der Waals surface area contributed by atoms with Crippen LogP contribution in [0.5, 0.6) is 0 Å². The zero-order chi connectivity index (χ0) is 15.4. The van der Waals surface area contributed by atoms with Crippen LogP contribution in [0.3, 0.4) is 0 Å². The van der Waals surface area contributed by atoms with Gasteiger partial charge in [-0.3, -0.25) is 4.79 Å². The predicted octanol–water partition coefficient (Wildman–Crippen LogP) is 4.06. The number of nitrogens with one attached hydrogen (secondary N) is 1. The van der Waals surface area contributed by atoms with Gasteiger partial charge in [0, 0.05) is 21.7 Å². The van der Waals surface area contributed by atoms with E-state index < -0.39 is 5.97 Å². The van der Waals surface area contributed by atoms with Crippen molar-refractivity contribution in [2.45, 2.75) is 6.92 Å². The average molecular weight is 322 g/mol. The number of thiophene rings is 1. The Labute approximate surface area is 130 Å². The Morgan fingerprint density at radius 1 is 1.33 bits per heavy atom. The molecule has 0 aliphatic heterocycles. The third-order valence-electron chi connectivity index (χ3n) is 2.64. The Kier molecular flexibility index (Phi) is 4.77. The van der Waals surface area contributed by atoms with Crippen molar-refractivity contribution in [3.63, 3.8) is 0 Å². The number of aryl methyl sites for hydroxylation is 1. The number of carbonyl (C=O) groups is 2. The molecule has 0 atom stereocenters. The van der Waals surface area contributed by atoms with Crippen LogP contribution < -0.4 is 5.32 Å². The normalized spacial score (nSPS) is 10.8. The summed E-state index contributed by atoms with van der Waals surface area (Å²) in [5.74, 6) is -1.27. The van der Waals surface area contributed by atoms with E-state index in [1.54, 1.807) is 30.3 Å². The average Bonchev–Trinajstić information content (AvgIpc) is 2.78. The number of halogens is 1. The van der Waals surface area contributed by atoms with Crippen molar-refractivity contribution >= 4 is 46.6 Å². The van der Waals surface area contributed by atoms with Crippen molar-refractivity contribution < 1.29 is 14.7 Å². The molecule has 6 heteroatoms. The van der Waals surface area contributed by atoms with E-state index in [0.717, 1.165) is 16.5 Å². The summed E-state index contributed by atoms with van der Waals surface area (Å²) in [5, 5.41) is 11.9. The topological polar surface area (TPSA) is 66.4 Å². The van der Waals surface area contributed by atoms with Crippen molar-refractivity contribution in [2.24, 2.45) is 0 Å². The van der Waals surface area contributed by atoms with E-state index in [4.69, 9.17) is 16.7 Å². The Balaban J connectivity index is 2.16. The number of hydrogen-bond donors (Lipinski definition) is 2. The third kappa shape index (κ3) is 4.18. The minimum Gasteiger partial charge on any atom is -0.478 e. The molecular weight excluding hydrogens is 310 g/mol. The second-order valence-electron chi connectivity index (χ2n) is 4.29. The van der Waals surface area contributed by atoms with Gasteiger partial charge >= 0.3 is 5.97 Å². The van der Waals surface area contributed by atoms with Crippen molar-refractivity contribution in [3.05, 3.63) is 56.7 Å². The Hall–Kier alpha value is -2.11. The minimum absolute atomic E-state index is 0.250. The lowest BCUT2D eigenvalue weighted by atomic mass is 10.2. The highest BCUT2D eigenvalue weighted by Crippen LogP contribution is 2.24. The predicted molar refractivity (Wildman–Crippen MR) is 85.1 cm³/mol. The molecule has 0 radical (unpaired) electrons. The van der Waals surface area contributed by atoms with Gasteiger partial charge in [-0.1, -0.05) is 17.7 Å². The summed E-state index contributed by atoms with van der Waals surface area (Å²) in [5.41, 5.74) is 1.47. The summed E-state index contributed by atoms with van der Waals surface area (Å²) in [4.78, 5) is 23.9. The number of aliphatic carboxylic acids is 1. The number of carboxylic acids is 1. The second-order valence-corrected chi connectivity index (χ2v) is 5.81. The van der Waals surface area contributed by atoms with Gasteiger partial charge in [0.05, 0.1) is 4.88 Å². The molecule has 0 aliphatic rings. The molecule has 1 aromatic carbocycles. The number of anilines is 1. The number of benzene rings is 1. The van der Waals surface area contributed by atoms with Crippen LogP contribution in [0.2, 0.25) is 5.02 Å². The Bertz CT molecular complexity index is 721. The fourth-order valence-electron chi connectivity index (χ4n) is 1.68. The van der Waals surface area contributed by atoms with Crippen molar-refractivity contribution in [1.82, 2.24) is 0 Å². The lowest BCUT2D eigenvalue weighted by Gasteiger charge is -2.03. The number of hydrogen-bond acceptors (Lipinski definition) is 3. The Morgan fingerprint density at radius 2 is 2.10 bits per heavy atom. The largest absolute Gasteiger partial charge is 0.478 e. The standard InChI is InChI=1S/C15H12ClNO3S/c1-9-7-13(21-12(9)5-6-14(18)19)15(20)17-11-4-2-3-10(16)8-11/h2-8H,1H3,(H,17,20)(H,18,19)/b6-5+. The SMILES string of the molecule is Cc1cc(C(=O)Nc2cccc(Cl)c2)sc1/C=C/C(=O)O. The molecule has 2 rings (SSSR count). The maximum atomic E-state index is 12.1. The van der Waals surface area contributed by atoms with Gasteiger partial charge in [-0.15, -0.1) is 11.3 Å². The molecule has 0 fully saturated rings. The highest BCUT2D eigenvalue weighted by Gasteiger charge is 2.11. The van der Waals surface area contributed by atoms with Crippen LogP contribution >= 0.6 is 22.9 Å². The summed E-state index contributed by atoms with van der Waals surface area (Å²) in [6.07, 6.45) is 2.54. The van der Waals surface area contributed by atoms with Crippen LogP contribution in [0.25, 0.3) is 6.08 Å². The van der Waals surface area contributed by atoms with Gasteiger partial charge in [0.1, 0.15) is 0 Å². The van der Waals surface area contributed by atoms with Crippen LogP contribution in [-0.2, 0) is 4.79 Å². The van der Waals surface area contributed by atoms with E-state index in [0.29, 0.717) is 15.6 Å². The molecule has 1 heterocycles. The van der Waals surface area contributed by atoms with Crippen LogP contribution in [0, 0.1) is 6.92 Å². The first kappa shape index (κ1) is 15.3. The molecule has 21 heavy (non-hydrogen) atoms. The maximum absolute atomic E-state index is 12.1. The van der Waals surface area contributed by atoms with Crippen molar-refractivity contribution in [2.75, 3.05) is 5.32 Å². The molecule has 2 N–H and O–H groups in total. The summed E-state index contributed by atoms with van der Waals surface area (Å²) >= 11 is 7.10. The van der Waals surface area contributed by atoms with E-state index in [2.05, 4.69) is 5.32 Å². The second kappa shape index (κ2) is 6.56. The molecule has 0 aliphatic carbocycles. The summed E-state index contributed by atoms with van der Waals surface area (Å²) in [6, 6.07) is 8.60. The van der Waals surface area contributed by atoms with Crippen molar-refractivity contribution in [1.29, 1.82) is 0 Å². The molecule has 1 aromatic heterocycles. The van der Waals surface area contributed by atoms with Crippen LogP contribution in [0.15, 0.2) is 36.4 Å². The number of carbonyl (C=O) groups excluding carboxylic acids is 1. The monoisotopic (exact) mass is 321 g/mol. The van der Waals surface area contributed by atoms with Gasteiger partial charge in [-0.2, -0.15) is 0 Å². The highest BCUT2D eigenvalue weighted by molar-refractivity contribution is 7.15. The Morgan fingerprint density at radius 3 is 2.76 bits per heavy atom. The zero-order valence-electron chi connectivity index (χ0n) is 11.1. The van der Waals surface area contributed by atoms with E-state index in [-0.39, 0.29) is 5.91 Å². The number of carboxylic acid groups (broad SMARTS) is 1. The van der Waals surface area contributed by atoms with Crippen LogP contribution in [-0.4, -0.2) is 17.0 Å². The molecule has 0 saturated heterocycles. The van der Waals surface area contributed by atoms with Gasteiger partial charge in [0.15, 0.2) is 0 Å². The van der Waals surface area contributed by atoms with Crippen LogP contribution in [0.1, 0.15) is 20.1 Å². The first-order valence-electron chi connectivity index (χ1n) is 6.04. The summed E-state index contributed by atoms with van der Waals surface area (Å²) in [6.45, 7) is 1.83. The fraction of sp³-hybridized carbons (Fsp3) is 0.0667. The van der Waals surface area contributed by atoms with Gasteiger partial charge in [-0.25, -0.2) is 4.79 Å². The lowest BCUT2D eigenvalue weighted by molar-refractivity contribution is -0.131. The molecular formula is C15H12ClNO3S. The van der Waals surface area contributed by atoms with E-state index >= 15 is 0 Å². The first-order chi connectivity index (χ1) is 9.95. The van der Waals surface area contributed by atoms with Crippen molar-refractivity contribution in [3.8, 4) is 0 Å². The summed E-state index contributed by atoms with van der Waals surface area (Å²) < 4.78 is 0. The van der Waals surface area contributed by atoms with E-state index in [9.17, 15) is 9.59 Å². The zero-order valence-corrected chi connectivity index (χ0v) is 12.7. The molecule has 0 saturated carbocycles. The molecule has 1 amide bonds.